The van der Waals surface area contributed by atoms with Crippen LogP contribution in [0.15, 0.2) is 35.4 Å². The predicted molar refractivity (Wildman–Crippen MR) is 154 cm³/mol. The molecule has 3 aliphatic carbocycles. The van der Waals surface area contributed by atoms with Crippen LogP contribution in [-0.4, -0.2) is 42.3 Å². The summed E-state index contributed by atoms with van der Waals surface area (Å²) in [7, 11) is 1.36. The quantitative estimate of drug-likeness (QED) is 0.273. The van der Waals surface area contributed by atoms with Gasteiger partial charge >= 0.3 is 17.8 Å². The van der Waals surface area contributed by atoms with Gasteiger partial charge in [0.05, 0.1) is 41.6 Å². The fourth-order valence-corrected chi connectivity index (χ4v) is 7.10. The van der Waals surface area contributed by atoms with E-state index in [1.165, 1.54) is 49.9 Å². The molecule has 10 nitrogen and oxygen atoms in total. The monoisotopic (exact) mass is 619 g/mol. The lowest BCUT2D eigenvalue weighted by Gasteiger charge is -2.52. The number of rotatable bonds is 6. The average molecular weight is 620 g/mol. The van der Waals surface area contributed by atoms with Crippen LogP contribution in [0.4, 0.5) is 24.8 Å². The van der Waals surface area contributed by atoms with E-state index in [1.807, 2.05) is 0 Å². The number of anilines is 2. The molecule has 3 aliphatic rings. The lowest BCUT2D eigenvalue weighted by Crippen LogP contribution is -2.53. The topological polar surface area (TPSA) is 124 Å². The van der Waals surface area contributed by atoms with Gasteiger partial charge in [0.1, 0.15) is 27.2 Å². The average Bonchev–Trinajstić information content (AvgIpc) is 3.60. The largest absolute Gasteiger partial charge is 0.469 e. The molecule has 228 valence electrons. The Labute approximate surface area is 252 Å². The molecule has 43 heavy (non-hydrogen) atoms. The number of hydrogen-bond donors (Lipinski definition) is 2. The lowest BCUT2D eigenvalue weighted by atomic mass is 9.57. The van der Waals surface area contributed by atoms with Crippen LogP contribution < -0.4 is 11.0 Å². The fraction of sp³-hybridized carbons (Fsp3) is 0.483. The van der Waals surface area contributed by atoms with E-state index in [2.05, 4.69) is 20.3 Å². The molecule has 14 heteroatoms. The molecule has 4 aromatic heterocycles. The van der Waals surface area contributed by atoms with Gasteiger partial charge < -0.3 is 15.2 Å². The zero-order valence-corrected chi connectivity index (χ0v) is 24.4. The minimum absolute atomic E-state index is 0.00907. The number of nitrogens with zero attached hydrogens (tertiary/aromatic N) is 5. The van der Waals surface area contributed by atoms with Crippen LogP contribution in [0.5, 0.6) is 0 Å². The SMILES string of the molecule is [2H]C([2H])([2H])n1c(=O)n(C23CCC(C(=O)OC)(CC2)CC3)c2cc(Nc3cc(C(C)(C)O)cc(-c4ncc(C(F)(F)F)s4)n3)ncc21. The third-order valence-electron chi connectivity index (χ3n) is 8.82. The molecule has 0 atom stereocenters. The van der Waals surface area contributed by atoms with Crippen LogP contribution in [-0.2, 0) is 33.8 Å². The van der Waals surface area contributed by atoms with Crippen LogP contribution >= 0.6 is 11.3 Å². The van der Waals surface area contributed by atoms with Gasteiger partial charge in [-0.05, 0) is 70.1 Å². The van der Waals surface area contributed by atoms with Crippen molar-refractivity contribution in [2.75, 3.05) is 12.4 Å². The van der Waals surface area contributed by atoms with E-state index >= 15 is 0 Å². The molecule has 2 bridgehead atoms. The van der Waals surface area contributed by atoms with Crippen molar-refractivity contribution in [3.8, 4) is 10.7 Å². The van der Waals surface area contributed by atoms with Gasteiger partial charge in [-0.1, -0.05) is 0 Å². The third-order valence-corrected chi connectivity index (χ3v) is 9.88. The molecule has 0 saturated heterocycles. The molecule has 7 rings (SSSR count). The maximum atomic E-state index is 13.9. The van der Waals surface area contributed by atoms with Gasteiger partial charge in [0.15, 0.2) is 0 Å². The van der Waals surface area contributed by atoms with Crippen molar-refractivity contribution >= 4 is 40.0 Å². The van der Waals surface area contributed by atoms with Gasteiger partial charge in [-0.15, -0.1) is 11.3 Å². The van der Waals surface area contributed by atoms with Crippen molar-refractivity contribution in [2.24, 2.45) is 12.4 Å². The van der Waals surface area contributed by atoms with E-state index in [0.717, 1.165) is 10.8 Å². The highest BCUT2D eigenvalue weighted by Gasteiger charge is 2.54. The Kier molecular flexibility index (Phi) is 5.90. The van der Waals surface area contributed by atoms with Crippen LogP contribution in [0.2, 0.25) is 0 Å². The first-order valence-electron chi connectivity index (χ1n) is 15.2. The Morgan fingerprint density at radius 2 is 1.77 bits per heavy atom. The number of carbonyl (C=O) groups is 1. The molecular formula is C29H31F3N6O4S. The molecule has 3 fully saturated rings. The number of fused-ring (bicyclic) bond motifs is 4. The van der Waals surface area contributed by atoms with Crippen molar-refractivity contribution in [1.82, 2.24) is 24.1 Å². The summed E-state index contributed by atoms with van der Waals surface area (Å²) in [5.74, 6) is 0.0318. The van der Waals surface area contributed by atoms with E-state index in [-0.39, 0.29) is 33.8 Å². The van der Waals surface area contributed by atoms with Gasteiger partial charge in [-0.3, -0.25) is 13.9 Å². The number of nitrogens with one attached hydrogen (secondary N) is 1. The maximum Gasteiger partial charge on any atom is 0.427 e. The van der Waals surface area contributed by atoms with E-state index in [1.54, 1.807) is 0 Å². The number of thiazole rings is 1. The first kappa shape index (κ1) is 25.7. The van der Waals surface area contributed by atoms with Crippen molar-refractivity contribution < 1.29 is 31.9 Å². The Hall–Kier alpha value is -3.78. The summed E-state index contributed by atoms with van der Waals surface area (Å²) in [6.07, 6.45) is 0.311. The highest BCUT2D eigenvalue weighted by Crippen LogP contribution is 2.56. The first-order valence-corrected chi connectivity index (χ1v) is 14.5. The smallest absolute Gasteiger partial charge is 0.427 e. The summed E-state index contributed by atoms with van der Waals surface area (Å²) in [5, 5.41) is 13.8. The predicted octanol–water partition coefficient (Wildman–Crippen LogP) is 5.47. The Morgan fingerprint density at radius 3 is 2.35 bits per heavy atom. The molecule has 0 unspecified atom stereocenters. The van der Waals surface area contributed by atoms with Crippen LogP contribution in [0, 0.1) is 5.41 Å². The molecule has 4 heterocycles. The molecule has 0 amide bonds. The standard InChI is InChI=1S/C29H31F3N6O4S/c1-26(2,41)16-11-17(23-34-15-20(43-23)29(30,31)32)35-22(12-16)36-21-13-18-19(14-33-21)37(3)25(40)38(18)28-8-5-27(6-9-28,7-10-28)24(39)42-4/h11-15,41H,5-10H2,1-4H3,(H,33,35,36)/i3D3. The van der Waals surface area contributed by atoms with E-state index in [0.29, 0.717) is 60.9 Å². The van der Waals surface area contributed by atoms with E-state index in [9.17, 15) is 27.9 Å². The first-order chi connectivity index (χ1) is 21.4. The van der Waals surface area contributed by atoms with Crippen molar-refractivity contribution in [3.63, 3.8) is 0 Å². The second-order valence-corrected chi connectivity index (χ2v) is 12.9. The number of esters is 1. The second-order valence-electron chi connectivity index (χ2n) is 11.8. The number of methoxy groups -OCH3 is 1. The number of aryl methyl sites for hydroxylation is 1. The molecule has 2 N–H and O–H groups in total. The summed E-state index contributed by atoms with van der Waals surface area (Å²) in [6, 6.07) is 4.50. The van der Waals surface area contributed by atoms with E-state index < -0.39 is 40.3 Å². The molecule has 0 radical (unpaired) electrons. The lowest BCUT2D eigenvalue weighted by molar-refractivity contribution is -0.162. The van der Waals surface area contributed by atoms with Crippen molar-refractivity contribution in [1.29, 1.82) is 0 Å². The van der Waals surface area contributed by atoms with E-state index in [4.69, 9.17) is 8.85 Å². The number of aliphatic hydroxyl groups is 1. The zero-order chi connectivity index (χ0) is 33.4. The molecule has 0 aliphatic heterocycles. The summed E-state index contributed by atoms with van der Waals surface area (Å²) in [6.45, 7) is 0.233. The minimum atomic E-state index is -4.58. The number of ether oxygens (including phenoxy) is 1. The van der Waals surface area contributed by atoms with Gasteiger partial charge in [0.2, 0.25) is 0 Å². The maximum absolute atomic E-state index is 13.9. The third kappa shape index (κ3) is 4.89. The van der Waals surface area contributed by atoms with Crippen molar-refractivity contribution in [2.45, 2.75) is 69.7 Å². The second kappa shape index (κ2) is 9.88. The summed E-state index contributed by atoms with van der Waals surface area (Å²) < 4.78 is 71.5. The summed E-state index contributed by atoms with van der Waals surface area (Å²) in [5.41, 5.74) is -2.61. The molecular weight excluding hydrogens is 585 g/mol. The van der Waals surface area contributed by atoms with Crippen LogP contribution in [0.1, 0.15) is 66.9 Å². The summed E-state index contributed by atoms with van der Waals surface area (Å²) >= 11 is 0.415. The van der Waals surface area contributed by atoms with Gasteiger partial charge in [-0.25, -0.2) is 19.7 Å². The Bertz CT molecular complexity index is 1890. The number of imidazole rings is 1. The van der Waals surface area contributed by atoms with Gasteiger partial charge in [0.25, 0.3) is 0 Å². The number of hydrogen-bond acceptors (Lipinski definition) is 9. The molecule has 0 spiro atoms. The minimum Gasteiger partial charge on any atom is -0.469 e. The molecule has 4 aromatic rings. The Balaban J connectivity index is 1.44. The number of alkyl halides is 3. The van der Waals surface area contributed by atoms with Gasteiger partial charge in [0, 0.05) is 22.7 Å². The fourth-order valence-electron chi connectivity index (χ4n) is 6.36. The number of halogens is 3. The highest BCUT2D eigenvalue weighted by atomic mass is 32.1. The van der Waals surface area contributed by atoms with Crippen molar-refractivity contribution in [3.05, 3.63) is 51.5 Å². The van der Waals surface area contributed by atoms with Gasteiger partial charge in [-0.2, -0.15) is 13.2 Å². The molecule has 0 aromatic carbocycles. The zero-order valence-electron chi connectivity index (χ0n) is 26.6. The van der Waals surface area contributed by atoms with Crippen LogP contribution in [0.3, 0.4) is 0 Å². The number of carbonyl (C=O) groups excluding carboxylic acids is 1. The number of aromatic nitrogens is 5. The summed E-state index contributed by atoms with van der Waals surface area (Å²) in [4.78, 5) is 38.3. The normalized spacial score (nSPS) is 23.6. The Morgan fingerprint density at radius 1 is 1.07 bits per heavy atom. The number of pyridine rings is 2. The highest BCUT2D eigenvalue weighted by molar-refractivity contribution is 7.15. The van der Waals surface area contributed by atoms with Crippen LogP contribution in [0.25, 0.3) is 21.7 Å². The molecule has 3 saturated carbocycles.